The summed E-state index contributed by atoms with van der Waals surface area (Å²) in [6.07, 6.45) is 6.25. The van der Waals surface area contributed by atoms with E-state index in [4.69, 9.17) is 23.1 Å². The van der Waals surface area contributed by atoms with Gasteiger partial charge >= 0.3 is 0 Å². The predicted octanol–water partition coefficient (Wildman–Crippen LogP) is 1.30. The standard InChI is InChI=1S/C20H30ClN7O2/c1-5-7-14(6-2)8-9-15(29)24-10-12-28(3,4)13-11-25-20(30)16-18(22)27-19(23)17(21)26-16/h5-7H,1-2,8-13H2,3-4H3,(H5-,22,23,24,25,27,29,30)/p+1/b14-7+. The van der Waals surface area contributed by atoms with Crippen molar-refractivity contribution in [1.29, 1.82) is 0 Å². The molecule has 1 aromatic rings. The van der Waals surface area contributed by atoms with E-state index < -0.39 is 5.91 Å². The number of quaternary nitrogens is 1. The molecule has 1 rings (SSSR count). The van der Waals surface area contributed by atoms with Crippen molar-refractivity contribution in [3.63, 3.8) is 0 Å². The van der Waals surface area contributed by atoms with Crippen molar-refractivity contribution in [2.24, 2.45) is 0 Å². The van der Waals surface area contributed by atoms with Crippen molar-refractivity contribution < 1.29 is 14.1 Å². The van der Waals surface area contributed by atoms with E-state index in [1.807, 2.05) is 20.2 Å². The summed E-state index contributed by atoms with van der Waals surface area (Å²) in [5.74, 6) is -0.591. The third kappa shape index (κ3) is 8.62. The first kappa shape index (κ1) is 25.1. The molecule has 0 saturated carbocycles. The van der Waals surface area contributed by atoms with Gasteiger partial charge in [-0.15, -0.1) is 0 Å². The highest BCUT2D eigenvalue weighted by atomic mass is 35.5. The zero-order chi connectivity index (χ0) is 22.7. The fourth-order valence-electron chi connectivity index (χ4n) is 2.53. The number of nitrogens with one attached hydrogen (secondary N) is 2. The van der Waals surface area contributed by atoms with Gasteiger partial charge in [-0.2, -0.15) is 0 Å². The van der Waals surface area contributed by atoms with Crippen LogP contribution in [0.2, 0.25) is 5.15 Å². The highest BCUT2D eigenvalue weighted by Gasteiger charge is 2.19. The number of aromatic nitrogens is 2. The molecule has 0 radical (unpaired) electrons. The third-order valence-corrected chi connectivity index (χ3v) is 4.67. The molecule has 0 aliphatic carbocycles. The molecule has 0 aromatic carbocycles. The molecule has 0 saturated heterocycles. The zero-order valence-corrected chi connectivity index (χ0v) is 18.3. The summed E-state index contributed by atoms with van der Waals surface area (Å²) in [4.78, 5) is 31.9. The van der Waals surface area contributed by atoms with Gasteiger partial charge in [-0.3, -0.25) is 9.59 Å². The van der Waals surface area contributed by atoms with Crippen LogP contribution in [0.3, 0.4) is 0 Å². The number of nitrogens with two attached hydrogens (primary N) is 2. The zero-order valence-electron chi connectivity index (χ0n) is 17.6. The van der Waals surface area contributed by atoms with Crippen molar-refractivity contribution in [1.82, 2.24) is 20.6 Å². The second-order valence-corrected chi connectivity index (χ2v) is 7.66. The van der Waals surface area contributed by atoms with Crippen LogP contribution in [0.5, 0.6) is 0 Å². The molecule has 0 unspecified atom stereocenters. The molecular formula is C20H31ClN7O2+. The Kier molecular flexibility index (Phi) is 10.00. The number of nitrogen functional groups attached to an aromatic ring is 2. The van der Waals surface area contributed by atoms with Gasteiger partial charge in [0.2, 0.25) is 5.91 Å². The number of hydrogen-bond acceptors (Lipinski definition) is 6. The minimum atomic E-state index is -0.471. The largest absolute Gasteiger partial charge is 0.382 e. The molecule has 0 spiro atoms. The van der Waals surface area contributed by atoms with Crippen LogP contribution < -0.4 is 22.1 Å². The van der Waals surface area contributed by atoms with E-state index in [0.717, 1.165) is 5.57 Å². The van der Waals surface area contributed by atoms with Crippen molar-refractivity contribution in [3.05, 3.63) is 47.8 Å². The lowest BCUT2D eigenvalue weighted by Gasteiger charge is -2.30. The van der Waals surface area contributed by atoms with Crippen molar-refractivity contribution in [3.8, 4) is 0 Å². The number of likely N-dealkylation sites (N-methyl/N-ethyl adjacent to an activating group) is 1. The summed E-state index contributed by atoms with van der Waals surface area (Å²) in [6.45, 7) is 9.61. The molecule has 30 heavy (non-hydrogen) atoms. The van der Waals surface area contributed by atoms with Gasteiger partial charge in [0.05, 0.1) is 40.3 Å². The molecular weight excluding hydrogens is 406 g/mol. The molecule has 6 N–H and O–H groups in total. The monoisotopic (exact) mass is 436 g/mol. The van der Waals surface area contributed by atoms with Crippen molar-refractivity contribution in [2.45, 2.75) is 12.8 Å². The Morgan fingerprint density at radius 2 is 1.70 bits per heavy atom. The maximum Gasteiger partial charge on any atom is 0.273 e. The number of rotatable bonds is 12. The maximum atomic E-state index is 12.2. The molecule has 0 aliphatic heterocycles. The van der Waals surface area contributed by atoms with Crippen LogP contribution in [0, 0.1) is 0 Å². The van der Waals surface area contributed by atoms with Crippen molar-refractivity contribution in [2.75, 3.05) is 51.7 Å². The van der Waals surface area contributed by atoms with Gasteiger partial charge in [-0.05, 0) is 12.0 Å². The van der Waals surface area contributed by atoms with Gasteiger partial charge in [-0.1, -0.05) is 43.0 Å². The highest BCUT2D eigenvalue weighted by molar-refractivity contribution is 6.31. The van der Waals surface area contributed by atoms with E-state index >= 15 is 0 Å². The lowest BCUT2D eigenvalue weighted by Crippen LogP contribution is -2.49. The number of halogens is 1. The highest BCUT2D eigenvalue weighted by Crippen LogP contribution is 2.17. The number of allylic oxidation sites excluding steroid dienone is 4. The predicted molar refractivity (Wildman–Crippen MR) is 121 cm³/mol. The van der Waals surface area contributed by atoms with E-state index in [1.54, 1.807) is 12.2 Å². The van der Waals surface area contributed by atoms with Gasteiger partial charge < -0.3 is 26.6 Å². The molecule has 0 fully saturated rings. The van der Waals surface area contributed by atoms with Crippen molar-refractivity contribution >= 4 is 35.1 Å². The summed E-state index contributed by atoms with van der Waals surface area (Å²) in [5, 5.41) is 5.59. The number of amides is 2. The Morgan fingerprint density at radius 3 is 2.30 bits per heavy atom. The van der Waals surface area contributed by atoms with Gasteiger partial charge in [0.1, 0.15) is 0 Å². The average molecular weight is 437 g/mol. The van der Waals surface area contributed by atoms with E-state index in [1.165, 1.54) is 0 Å². The maximum absolute atomic E-state index is 12.2. The Hall–Kier alpha value is -2.91. The lowest BCUT2D eigenvalue weighted by molar-refractivity contribution is -0.887. The first-order chi connectivity index (χ1) is 14.1. The second-order valence-electron chi connectivity index (χ2n) is 7.30. The third-order valence-electron chi connectivity index (χ3n) is 4.40. The summed E-state index contributed by atoms with van der Waals surface area (Å²) in [5.41, 5.74) is 12.1. The first-order valence-electron chi connectivity index (χ1n) is 9.49. The van der Waals surface area contributed by atoms with E-state index in [-0.39, 0.29) is 28.4 Å². The van der Waals surface area contributed by atoms with Crippen LogP contribution in [0.25, 0.3) is 0 Å². The van der Waals surface area contributed by atoms with Crippen LogP contribution in [0.15, 0.2) is 37.0 Å². The molecule has 164 valence electrons. The van der Waals surface area contributed by atoms with E-state index in [2.05, 4.69) is 33.8 Å². The Labute approximate surface area is 182 Å². The quantitative estimate of drug-likeness (QED) is 0.288. The summed E-state index contributed by atoms with van der Waals surface area (Å²) in [6, 6.07) is 0. The molecule has 10 heteroatoms. The van der Waals surface area contributed by atoms with Crippen LogP contribution in [-0.4, -0.2) is 66.5 Å². The molecule has 1 heterocycles. The van der Waals surface area contributed by atoms with Crippen LogP contribution in [0.4, 0.5) is 11.6 Å². The SMILES string of the molecule is C=C/C=C(\C=C)CCC(=O)NCC[N+](C)(C)CCNC(=O)c1nc(Cl)c(N)nc1N. The van der Waals surface area contributed by atoms with E-state index in [0.29, 0.717) is 43.5 Å². The second kappa shape index (κ2) is 11.9. The topological polar surface area (TPSA) is 136 Å². The smallest absolute Gasteiger partial charge is 0.273 e. The van der Waals surface area contributed by atoms with Gasteiger partial charge in [0.25, 0.3) is 5.91 Å². The molecule has 1 aromatic heterocycles. The number of hydrogen-bond donors (Lipinski definition) is 4. The Balaban J connectivity index is 2.38. The number of nitrogens with zero attached hydrogens (tertiary/aromatic N) is 3. The number of carbonyl (C=O) groups excluding carboxylic acids is 2. The molecule has 0 aliphatic rings. The summed E-state index contributed by atoms with van der Waals surface area (Å²) < 4.78 is 0.596. The van der Waals surface area contributed by atoms with Crippen LogP contribution >= 0.6 is 11.6 Å². The lowest BCUT2D eigenvalue weighted by atomic mass is 10.1. The average Bonchev–Trinajstić information content (AvgIpc) is 2.67. The number of carbonyl (C=O) groups is 2. The molecule has 0 atom stereocenters. The normalized spacial score (nSPS) is 11.6. The molecule has 2 amide bonds. The number of anilines is 2. The summed E-state index contributed by atoms with van der Waals surface area (Å²) >= 11 is 5.80. The molecule has 9 nitrogen and oxygen atoms in total. The Morgan fingerprint density at radius 1 is 1.07 bits per heavy atom. The minimum Gasteiger partial charge on any atom is -0.382 e. The van der Waals surface area contributed by atoms with Gasteiger partial charge in [0, 0.05) is 6.42 Å². The Bertz CT molecular complexity index is 822. The van der Waals surface area contributed by atoms with Crippen LogP contribution in [-0.2, 0) is 4.79 Å². The van der Waals surface area contributed by atoms with E-state index in [9.17, 15) is 9.59 Å². The fourth-order valence-corrected chi connectivity index (χ4v) is 2.65. The first-order valence-corrected chi connectivity index (χ1v) is 9.87. The minimum absolute atomic E-state index is 0.0191. The fraction of sp³-hybridized carbons (Fsp3) is 0.400. The van der Waals surface area contributed by atoms with Gasteiger partial charge in [0.15, 0.2) is 22.5 Å². The van der Waals surface area contributed by atoms with Gasteiger partial charge in [-0.25, -0.2) is 9.97 Å². The molecule has 0 bridgehead atoms. The van der Waals surface area contributed by atoms with Crippen LogP contribution in [0.1, 0.15) is 23.3 Å². The summed E-state index contributed by atoms with van der Waals surface area (Å²) in [7, 11) is 4.02.